The minimum atomic E-state index is -10.7. The van der Waals surface area contributed by atoms with Crippen LogP contribution in [-0.4, -0.2) is 60.1 Å². The van der Waals surface area contributed by atoms with Crippen LogP contribution in [0.4, 0.5) is 38.4 Å². The molecule has 1 aromatic heterocycles. The van der Waals surface area contributed by atoms with Gasteiger partial charge in [-0.2, -0.15) is 13.2 Å². The zero-order valence-electron chi connectivity index (χ0n) is 16.1. The summed E-state index contributed by atoms with van der Waals surface area (Å²) in [5, 5.41) is 2.60. The van der Waals surface area contributed by atoms with Crippen LogP contribution in [0.2, 0.25) is 0 Å². The summed E-state index contributed by atoms with van der Waals surface area (Å²) in [6, 6.07) is 3.17. The van der Waals surface area contributed by atoms with Crippen molar-refractivity contribution in [3.8, 4) is 0 Å². The number of aromatic nitrogens is 3. The number of aromatic amines is 1. The summed E-state index contributed by atoms with van der Waals surface area (Å²) < 4.78 is 105. The first-order chi connectivity index (χ1) is 13.7. The summed E-state index contributed by atoms with van der Waals surface area (Å²) in [6.07, 6.45) is -4.82. The van der Waals surface area contributed by atoms with Crippen LogP contribution in [0.25, 0.3) is 11.0 Å². The topological polar surface area (TPSA) is 59.4 Å². The molecule has 1 aromatic carbocycles. The van der Waals surface area contributed by atoms with Gasteiger partial charge in [0.1, 0.15) is 0 Å². The van der Waals surface area contributed by atoms with Crippen LogP contribution in [0.3, 0.4) is 0 Å². The van der Waals surface area contributed by atoms with Crippen molar-refractivity contribution in [2.24, 2.45) is 0 Å². The number of nitrogens with zero attached hydrogens (tertiary/aromatic N) is 4. The van der Waals surface area contributed by atoms with Crippen molar-refractivity contribution in [3.05, 3.63) is 28.7 Å². The molecule has 1 unspecified atom stereocenters. The second-order valence-corrected chi connectivity index (χ2v) is 8.80. The number of hydrogen-bond donors (Lipinski definition) is 1. The van der Waals surface area contributed by atoms with Crippen molar-refractivity contribution in [2.75, 3.05) is 40.4 Å². The van der Waals surface area contributed by atoms with E-state index in [1.165, 1.54) is 6.07 Å². The van der Waals surface area contributed by atoms with Gasteiger partial charge in [0.25, 0.3) is 0 Å². The Hall–Kier alpha value is -1.90. The van der Waals surface area contributed by atoms with E-state index in [1.807, 2.05) is 19.0 Å². The van der Waals surface area contributed by atoms with Crippen LogP contribution >= 0.6 is 7.81 Å². The third-order valence-electron chi connectivity index (χ3n) is 4.04. The molecule has 1 atom stereocenters. The van der Waals surface area contributed by atoms with E-state index in [0.29, 0.717) is 36.4 Å². The molecule has 1 fully saturated rings. The number of morpholine rings is 1. The average molecular weight is 491 g/mol. The molecule has 17 heteroatoms. The number of alkyl halides is 3. The number of ether oxygens (including phenoxy) is 1. The van der Waals surface area contributed by atoms with Gasteiger partial charge in [-0.05, 0) is 31.1 Å². The molecule has 1 aliphatic rings. The Morgan fingerprint density at radius 2 is 1.61 bits per heavy atom. The van der Waals surface area contributed by atoms with Gasteiger partial charge in [-0.15, -0.1) is 4.68 Å². The van der Waals surface area contributed by atoms with Gasteiger partial charge in [0.15, 0.2) is 0 Å². The number of rotatable bonds is 3. The van der Waals surface area contributed by atoms with E-state index in [4.69, 9.17) is 4.74 Å². The van der Waals surface area contributed by atoms with E-state index in [0.717, 1.165) is 12.1 Å². The monoisotopic (exact) mass is 491 g/mol. The van der Waals surface area contributed by atoms with Gasteiger partial charge in [0.2, 0.25) is 17.3 Å². The van der Waals surface area contributed by atoms with E-state index < -0.39 is 19.5 Å². The molecule has 0 bridgehead atoms. The van der Waals surface area contributed by atoms with E-state index in [1.54, 1.807) is 4.68 Å². The van der Waals surface area contributed by atoms with Crippen LogP contribution in [0.1, 0.15) is 11.9 Å². The van der Waals surface area contributed by atoms with Crippen LogP contribution in [-0.2, 0) is 10.9 Å². The fourth-order valence-electron chi connectivity index (χ4n) is 2.98. The molecule has 31 heavy (non-hydrogen) atoms. The predicted octanol–water partition coefficient (Wildman–Crippen LogP) is 4.64. The summed E-state index contributed by atoms with van der Waals surface area (Å²) in [4.78, 5) is 16.1. The van der Waals surface area contributed by atoms with Crippen LogP contribution in [0, 0.1) is 4.91 Å². The Kier molecular flexibility index (Phi) is 6.22. The van der Waals surface area contributed by atoms with Gasteiger partial charge in [-0.25, -0.2) is 4.90 Å². The number of nitrogens with one attached hydrogen (secondary N) is 1. The fraction of sp³-hybridized carbons (Fsp3) is 0.571. The predicted molar refractivity (Wildman–Crippen MR) is 93.3 cm³/mol. The second-order valence-electron chi connectivity index (χ2n) is 6.88. The summed E-state index contributed by atoms with van der Waals surface area (Å²) in [5.41, 5.74) is -0.494. The summed E-state index contributed by atoms with van der Waals surface area (Å²) >= 11 is 0. The molecule has 3 rings (SSSR count). The Morgan fingerprint density at radius 3 is 2.06 bits per heavy atom. The number of H-pyrrole nitrogens is 1. The third kappa shape index (κ3) is 7.94. The molecular weight excluding hydrogens is 472 g/mol. The molecule has 2 heterocycles. The van der Waals surface area contributed by atoms with Crippen molar-refractivity contribution in [3.63, 3.8) is 0 Å². The molecule has 1 aliphatic heterocycles. The minimum absolute atomic E-state index is 0.0510. The van der Waals surface area contributed by atoms with Gasteiger partial charge in [0.05, 0.1) is 23.3 Å². The van der Waals surface area contributed by atoms with E-state index in [-0.39, 0.29) is 11.8 Å². The zero-order valence-corrected chi connectivity index (χ0v) is 17.0. The Labute approximate surface area is 168 Å². The molecule has 0 saturated carbocycles. The second kappa shape index (κ2) is 7.60. The summed E-state index contributed by atoms with van der Waals surface area (Å²) in [5.74, 6) is 0. The van der Waals surface area contributed by atoms with Crippen LogP contribution < -0.4 is 4.54 Å². The number of benzene rings is 1. The van der Waals surface area contributed by atoms with Gasteiger partial charge in [0, 0.05) is 19.2 Å². The molecule has 7 nitrogen and oxygen atoms in total. The molecule has 1 saturated heterocycles. The van der Waals surface area contributed by atoms with Gasteiger partial charge in [-0.3, -0.25) is 4.90 Å². The van der Waals surface area contributed by atoms with Gasteiger partial charge >= 0.3 is 39.2 Å². The van der Waals surface area contributed by atoms with Crippen molar-refractivity contribution >= 4 is 18.8 Å². The van der Waals surface area contributed by atoms with Gasteiger partial charge < -0.3 is 4.74 Å². The Balaban J connectivity index is 0.000000423. The Bertz CT molecular complexity index is 967. The quantitative estimate of drug-likeness (QED) is 0.387. The number of halogens is 9. The molecule has 180 valence electrons. The first kappa shape index (κ1) is 25.4. The summed E-state index contributed by atoms with van der Waals surface area (Å²) in [7, 11) is -6.96. The van der Waals surface area contributed by atoms with Crippen molar-refractivity contribution in [2.45, 2.75) is 12.5 Å². The van der Waals surface area contributed by atoms with E-state index >= 15 is 0 Å². The standard InChI is InChI=1S/C14H19F3N5O2.F6P/c1-19(2)13(20-5-7-24-8-6-20)21-11-4-3-10(14(15,16)17)9-12(11)22(23)18-21;1-7(2,3,4,5)6/h3-4,9,13H,5-8H2,1-2H3,(H,18,23);/q+1;-1. The van der Waals surface area contributed by atoms with Crippen LogP contribution in [0.15, 0.2) is 18.2 Å². The van der Waals surface area contributed by atoms with Crippen molar-refractivity contribution < 1.29 is 47.6 Å². The fourth-order valence-corrected chi connectivity index (χ4v) is 2.98. The maximum atomic E-state index is 12.9. The molecule has 0 spiro atoms. The molecule has 1 N–H and O–H groups in total. The molecule has 2 aromatic rings. The summed E-state index contributed by atoms with van der Waals surface area (Å²) in [6.45, 7) is 2.46. The molecule has 0 radical (unpaired) electrons. The van der Waals surface area contributed by atoms with Crippen molar-refractivity contribution in [1.82, 2.24) is 19.7 Å². The third-order valence-corrected chi connectivity index (χ3v) is 4.04. The number of hydrogen-bond acceptors (Lipinski definition) is 4. The molecule has 0 aliphatic carbocycles. The maximum absolute atomic E-state index is 12.9. The SMILES string of the molecule is CN(C)C(N1CCOCC1)n1[nH][n+](=O)c2cc(C(F)(F)F)ccc21.F[P-](F)(F)(F)(F)F. The average Bonchev–Trinajstić information content (AvgIpc) is 2.88. The van der Waals surface area contributed by atoms with Crippen molar-refractivity contribution in [1.29, 1.82) is 0 Å². The van der Waals surface area contributed by atoms with E-state index in [2.05, 4.69) is 10.1 Å². The normalized spacial score (nSPS) is 19.5. The van der Waals surface area contributed by atoms with Gasteiger partial charge in [-0.1, -0.05) is 5.21 Å². The van der Waals surface area contributed by atoms with E-state index in [9.17, 15) is 43.3 Å². The molecule has 0 amide bonds. The first-order valence-corrected chi connectivity index (χ1v) is 10.6. The Morgan fingerprint density at radius 1 is 1.10 bits per heavy atom. The first-order valence-electron chi connectivity index (χ1n) is 8.52. The zero-order chi connectivity index (χ0) is 23.9. The molecular formula is C14H19F9N5O2P. The number of fused-ring (bicyclic) bond motifs is 1. The van der Waals surface area contributed by atoms with Crippen LogP contribution in [0.5, 0.6) is 0 Å².